The maximum atomic E-state index is 6.14. The number of hydroxylamine groups is 1. The molecule has 3 saturated heterocycles. The summed E-state index contributed by atoms with van der Waals surface area (Å²) in [6.45, 7) is 3.51. The third-order valence-electron chi connectivity index (χ3n) is 8.54. The molecule has 9 heteroatoms. The molecular formula is C23H47N5O4+2. The molecule has 32 heavy (non-hydrogen) atoms. The summed E-state index contributed by atoms with van der Waals surface area (Å²) in [5, 5.41) is 6.29. The van der Waals surface area contributed by atoms with Crippen molar-refractivity contribution in [3.63, 3.8) is 0 Å². The maximum absolute atomic E-state index is 6.14. The van der Waals surface area contributed by atoms with E-state index in [-0.39, 0.29) is 30.7 Å². The summed E-state index contributed by atoms with van der Waals surface area (Å²) >= 11 is 0. The van der Waals surface area contributed by atoms with Gasteiger partial charge in [0, 0.05) is 52.4 Å². The third kappa shape index (κ3) is 5.47. The zero-order chi connectivity index (χ0) is 22.7. The molecule has 1 saturated carbocycles. The van der Waals surface area contributed by atoms with E-state index in [2.05, 4.69) is 35.1 Å². The second-order valence-corrected chi connectivity index (χ2v) is 10.6. The average Bonchev–Trinajstić information content (AvgIpc) is 3.48. The molecule has 8 unspecified atom stereocenters. The Balaban J connectivity index is 1.30. The van der Waals surface area contributed by atoms with Crippen molar-refractivity contribution in [3.8, 4) is 0 Å². The molecule has 0 radical (unpaired) electrons. The molecule has 4 rings (SSSR count). The molecule has 5 N–H and O–H groups in total. The van der Waals surface area contributed by atoms with Crippen LogP contribution in [0.5, 0.6) is 0 Å². The van der Waals surface area contributed by atoms with Crippen LogP contribution in [0, 0.1) is 11.8 Å². The van der Waals surface area contributed by atoms with Crippen LogP contribution in [0.15, 0.2) is 0 Å². The Morgan fingerprint density at radius 1 is 1.03 bits per heavy atom. The predicted octanol–water partition coefficient (Wildman–Crippen LogP) is -1.87. The summed E-state index contributed by atoms with van der Waals surface area (Å²) in [5.74, 6) is 1.18. The van der Waals surface area contributed by atoms with Crippen molar-refractivity contribution in [1.29, 1.82) is 0 Å². The molecule has 0 aromatic heterocycles. The molecule has 8 atom stereocenters. The molecule has 0 amide bonds. The topological polar surface area (TPSA) is 85.3 Å². The molecule has 0 aromatic rings. The van der Waals surface area contributed by atoms with Crippen LogP contribution in [-0.2, 0) is 19.0 Å². The van der Waals surface area contributed by atoms with Gasteiger partial charge in [0.1, 0.15) is 18.3 Å². The van der Waals surface area contributed by atoms with Crippen LogP contribution >= 0.6 is 0 Å². The molecule has 9 nitrogen and oxygen atoms in total. The lowest BCUT2D eigenvalue weighted by atomic mass is 9.82. The minimum atomic E-state index is 0.0230. The van der Waals surface area contributed by atoms with E-state index in [0.717, 1.165) is 25.9 Å². The number of nitrogens with zero attached hydrogens (tertiary/aromatic N) is 1. The molecule has 0 spiro atoms. The van der Waals surface area contributed by atoms with E-state index in [4.69, 9.17) is 19.0 Å². The summed E-state index contributed by atoms with van der Waals surface area (Å²) < 4.78 is 17.3. The minimum absolute atomic E-state index is 0.0230. The first kappa shape index (κ1) is 24.8. The van der Waals surface area contributed by atoms with Crippen LogP contribution in [0.3, 0.4) is 0 Å². The van der Waals surface area contributed by atoms with Gasteiger partial charge in [0.05, 0.1) is 38.0 Å². The Labute approximate surface area is 193 Å². The number of piperidine rings is 1. The average molecular weight is 458 g/mol. The predicted molar refractivity (Wildman–Crippen MR) is 121 cm³/mol. The lowest BCUT2D eigenvalue weighted by Crippen LogP contribution is -3.16. The highest BCUT2D eigenvalue weighted by Gasteiger charge is 2.46. The van der Waals surface area contributed by atoms with Crippen molar-refractivity contribution in [3.05, 3.63) is 0 Å². The van der Waals surface area contributed by atoms with Gasteiger partial charge in [0.2, 0.25) is 0 Å². The highest BCUT2D eigenvalue weighted by molar-refractivity contribution is 4.89. The van der Waals surface area contributed by atoms with E-state index in [9.17, 15) is 0 Å². The van der Waals surface area contributed by atoms with Crippen molar-refractivity contribution in [2.45, 2.75) is 81.4 Å². The number of hydrogen-bond acceptors (Lipinski definition) is 7. The summed E-state index contributed by atoms with van der Waals surface area (Å²) in [5.41, 5.74) is 3.35. The smallest absolute Gasteiger partial charge is 0.183 e. The van der Waals surface area contributed by atoms with E-state index in [0.29, 0.717) is 24.0 Å². The van der Waals surface area contributed by atoms with Crippen molar-refractivity contribution < 1.29 is 29.3 Å². The molecule has 0 aromatic carbocycles. The van der Waals surface area contributed by atoms with Gasteiger partial charge in [-0.05, 0) is 33.4 Å². The normalized spacial score (nSPS) is 45.6. The third-order valence-corrected chi connectivity index (χ3v) is 8.54. The number of quaternary nitrogens is 2. The standard InChI is InChI=1S/C23H45N5O4/c1-27(2)20-9-8-16(13-24-20)22-25-23(32-26-22)17-7-6-10-28(17)14-15-11-18(29-3)21(31-5)19(12-15)30-4/h15-26H,6-14H2,1-5H3/p+2. The van der Waals surface area contributed by atoms with Crippen LogP contribution in [0.4, 0.5) is 0 Å². The quantitative estimate of drug-likeness (QED) is 0.340. The summed E-state index contributed by atoms with van der Waals surface area (Å²) in [4.78, 5) is 10.1. The Hall–Kier alpha value is -0.360. The van der Waals surface area contributed by atoms with E-state index < -0.39 is 0 Å². The molecule has 3 aliphatic heterocycles. The second kappa shape index (κ2) is 11.4. The van der Waals surface area contributed by atoms with E-state index in [1.54, 1.807) is 26.2 Å². The fourth-order valence-corrected chi connectivity index (χ4v) is 6.67. The minimum Gasteiger partial charge on any atom is -0.379 e. The summed E-state index contributed by atoms with van der Waals surface area (Å²) in [6, 6.07) is 0.497. The molecule has 4 aliphatic rings. The Bertz CT molecular complexity index is 563. The second-order valence-electron chi connectivity index (χ2n) is 10.6. The lowest BCUT2D eigenvalue weighted by molar-refractivity contribution is -0.919. The van der Waals surface area contributed by atoms with Crippen molar-refractivity contribution >= 4 is 0 Å². The first-order chi connectivity index (χ1) is 15.5. The van der Waals surface area contributed by atoms with Gasteiger partial charge < -0.3 is 24.4 Å². The number of methoxy groups -OCH3 is 3. The zero-order valence-electron chi connectivity index (χ0n) is 20.7. The van der Waals surface area contributed by atoms with Gasteiger partial charge >= 0.3 is 0 Å². The van der Waals surface area contributed by atoms with Crippen LogP contribution in [-0.4, -0.2) is 103 Å². The fourth-order valence-electron chi connectivity index (χ4n) is 6.67. The Morgan fingerprint density at radius 2 is 1.78 bits per heavy atom. The highest BCUT2D eigenvalue weighted by atomic mass is 16.7. The Kier molecular flexibility index (Phi) is 8.80. The van der Waals surface area contributed by atoms with Crippen LogP contribution < -0.4 is 21.0 Å². The van der Waals surface area contributed by atoms with Gasteiger partial charge in [0.15, 0.2) is 6.23 Å². The number of likely N-dealkylation sites (tertiary alicyclic amines) is 1. The number of nitrogens with one attached hydrogen (secondary N) is 3. The number of ether oxygens (including phenoxy) is 3. The summed E-state index contributed by atoms with van der Waals surface area (Å²) in [7, 11) is 9.71. The largest absolute Gasteiger partial charge is 0.379 e. The van der Waals surface area contributed by atoms with Gasteiger partial charge in [-0.2, -0.15) is 5.48 Å². The molecule has 3 heterocycles. The van der Waals surface area contributed by atoms with Gasteiger partial charge in [-0.1, -0.05) is 0 Å². The first-order valence-electron chi connectivity index (χ1n) is 12.6. The molecule has 4 fully saturated rings. The highest BCUT2D eigenvalue weighted by Crippen LogP contribution is 2.30. The van der Waals surface area contributed by atoms with Gasteiger partial charge in [-0.25, -0.2) is 0 Å². The number of hydrogen-bond donors (Lipinski definition) is 4. The van der Waals surface area contributed by atoms with Crippen molar-refractivity contribution in [2.24, 2.45) is 11.8 Å². The molecule has 1 aliphatic carbocycles. The van der Waals surface area contributed by atoms with Crippen LogP contribution in [0.1, 0.15) is 38.5 Å². The summed E-state index contributed by atoms with van der Waals surface area (Å²) in [6.07, 6.45) is 8.22. The van der Waals surface area contributed by atoms with Gasteiger partial charge in [-0.3, -0.25) is 15.1 Å². The number of nitrogens with two attached hydrogens (primary N) is 1. The van der Waals surface area contributed by atoms with Crippen LogP contribution in [0.2, 0.25) is 0 Å². The first-order valence-corrected chi connectivity index (χ1v) is 12.6. The lowest BCUT2D eigenvalue weighted by Gasteiger charge is -2.40. The monoisotopic (exact) mass is 457 g/mol. The zero-order valence-corrected chi connectivity index (χ0v) is 20.7. The van der Waals surface area contributed by atoms with Crippen LogP contribution in [0.25, 0.3) is 0 Å². The maximum Gasteiger partial charge on any atom is 0.183 e. The molecule has 186 valence electrons. The molecule has 0 bridgehead atoms. The fraction of sp³-hybridized carbons (Fsp3) is 1.00. The van der Waals surface area contributed by atoms with Gasteiger partial charge in [0.25, 0.3) is 0 Å². The van der Waals surface area contributed by atoms with E-state index >= 15 is 0 Å². The van der Waals surface area contributed by atoms with Crippen molar-refractivity contribution in [2.75, 3.05) is 55.1 Å². The van der Waals surface area contributed by atoms with Crippen molar-refractivity contribution in [1.82, 2.24) is 15.7 Å². The SMILES string of the molecule is COC1CC(C[NH+]2CCCC2C2NC(C3CCC(N(C)C)[NH2+]C3)NO2)CC(OC)C1OC. The molecular weight excluding hydrogens is 410 g/mol. The number of rotatable bonds is 8. The van der Waals surface area contributed by atoms with Gasteiger partial charge in [-0.15, -0.1) is 0 Å². The Morgan fingerprint density at radius 3 is 2.38 bits per heavy atom. The van der Waals surface area contributed by atoms with E-state index in [1.807, 2.05) is 0 Å². The van der Waals surface area contributed by atoms with E-state index in [1.165, 1.54) is 32.2 Å².